The number of methoxy groups -OCH3 is 1. The van der Waals surface area contributed by atoms with Gasteiger partial charge in [0.25, 0.3) is 0 Å². The summed E-state index contributed by atoms with van der Waals surface area (Å²) in [5.74, 6) is -0.246. The van der Waals surface area contributed by atoms with Crippen molar-refractivity contribution in [1.82, 2.24) is 0 Å². The first-order valence-corrected chi connectivity index (χ1v) is 10.3. The first-order valence-electron chi connectivity index (χ1n) is 10.3. The van der Waals surface area contributed by atoms with Gasteiger partial charge >= 0.3 is 11.9 Å². The Balaban J connectivity index is 1.63. The van der Waals surface area contributed by atoms with E-state index in [9.17, 15) is 9.59 Å². The van der Waals surface area contributed by atoms with Gasteiger partial charge in [-0.05, 0) is 66.6 Å². The van der Waals surface area contributed by atoms with Gasteiger partial charge in [0.05, 0.1) is 7.11 Å². The average Bonchev–Trinajstić information content (AvgIpc) is 2.75. The predicted molar refractivity (Wildman–Crippen MR) is 114 cm³/mol. The van der Waals surface area contributed by atoms with E-state index in [1.54, 1.807) is 6.08 Å². The van der Waals surface area contributed by atoms with Crippen molar-refractivity contribution in [2.45, 2.75) is 39.0 Å². The highest BCUT2D eigenvalue weighted by Crippen LogP contribution is 2.53. The molecule has 0 amide bonds. The number of esters is 2. The summed E-state index contributed by atoms with van der Waals surface area (Å²) in [6, 6.07) is 9.68. The van der Waals surface area contributed by atoms with E-state index in [-0.39, 0.29) is 23.3 Å². The van der Waals surface area contributed by atoms with Crippen LogP contribution in [0.15, 0.2) is 60.2 Å². The molecule has 0 aromatic heterocycles. The highest BCUT2D eigenvalue weighted by molar-refractivity contribution is 5.88. The number of benzene rings is 1. The molecule has 3 atom stereocenters. The lowest BCUT2D eigenvalue weighted by atomic mass is 9.57. The molecular formula is C25H30O4. The van der Waals surface area contributed by atoms with Crippen LogP contribution >= 0.6 is 0 Å². The predicted octanol–water partition coefficient (Wildman–Crippen LogP) is 5.12. The van der Waals surface area contributed by atoms with Crippen molar-refractivity contribution in [3.8, 4) is 0 Å². The van der Waals surface area contributed by atoms with E-state index in [1.807, 2.05) is 30.3 Å². The maximum absolute atomic E-state index is 12.2. The maximum atomic E-state index is 12.2. The molecule has 1 aromatic rings. The van der Waals surface area contributed by atoms with E-state index in [1.165, 1.54) is 18.8 Å². The fourth-order valence-electron chi connectivity index (χ4n) is 4.70. The van der Waals surface area contributed by atoms with Gasteiger partial charge in [-0.3, -0.25) is 0 Å². The van der Waals surface area contributed by atoms with Gasteiger partial charge in [0, 0.05) is 11.6 Å². The molecule has 0 unspecified atom stereocenters. The summed E-state index contributed by atoms with van der Waals surface area (Å²) in [5.41, 5.74) is 2.87. The highest BCUT2D eigenvalue weighted by atomic mass is 16.5. The van der Waals surface area contributed by atoms with Crippen molar-refractivity contribution in [3.05, 3.63) is 65.8 Å². The lowest BCUT2D eigenvalue weighted by Gasteiger charge is -2.48. The molecular weight excluding hydrogens is 364 g/mol. The van der Waals surface area contributed by atoms with Crippen LogP contribution in [0.1, 0.15) is 44.6 Å². The second-order valence-electron chi connectivity index (χ2n) is 8.36. The third-order valence-corrected chi connectivity index (χ3v) is 6.53. The van der Waals surface area contributed by atoms with Crippen molar-refractivity contribution >= 4 is 18.0 Å². The Labute approximate surface area is 173 Å². The minimum Gasteiger partial charge on any atom is -0.466 e. The minimum atomic E-state index is -0.339. The Morgan fingerprint density at radius 2 is 2.00 bits per heavy atom. The van der Waals surface area contributed by atoms with Crippen LogP contribution in [0.4, 0.5) is 0 Å². The van der Waals surface area contributed by atoms with Crippen LogP contribution < -0.4 is 0 Å². The summed E-state index contributed by atoms with van der Waals surface area (Å²) in [5, 5.41) is 0. The third-order valence-electron chi connectivity index (χ3n) is 6.53. The van der Waals surface area contributed by atoms with Crippen LogP contribution in [-0.2, 0) is 19.1 Å². The highest BCUT2D eigenvalue weighted by Gasteiger charge is 2.44. The van der Waals surface area contributed by atoms with Gasteiger partial charge in [-0.15, -0.1) is 0 Å². The Morgan fingerprint density at radius 3 is 2.72 bits per heavy atom. The number of carbonyl (C=O) groups is 2. The molecule has 0 bridgehead atoms. The number of allylic oxidation sites excluding steroid dienone is 1. The topological polar surface area (TPSA) is 52.6 Å². The molecule has 29 heavy (non-hydrogen) atoms. The van der Waals surface area contributed by atoms with Crippen LogP contribution in [-0.4, -0.2) is 25.7 Å². The standard InChI is InChI=1S/C25H30O4/c1-18(24(27)28-3)20-13-15-25(2)14-7-10-21(22(25)16-20)17-29-23(26)12-11-19-8-5-4-6-9-19/h4-6,8-12,20,22H,1,7,13-17H2,2-3H3/t20-,22+,25-/m1/s1. The lowest BCUT2D eigenvalue weighted by Crippen LogP contribution is -2.39. The molecule has 154 valence electrons. The summed E-state index contributed by atoms with van der Waals surface area (Å²) in [6.07, 6.45) is 10.4. The molecule has 0 saturated heterocycles. The number of ether oxygens (including phenoxy) is 2. The molecule has 0 aliphatic heterocycles. The van der Waals surface area contributed by atoms with Gasteiger partial charge in [0.2, 0.25) is 0 Å². The van der Waals surface area contributed by atoms with Crippen LogP contribution in [0.3, 0.4) is 0 Å². The molecule has 4 nitrogen and oxygen atoms in total. The lowest BCUT2D eigenvalue weighted by molar-refractivity contribution is -0.137. The quantitative estimate of drug-likeness (QED) is 0.382. The van der Waals surface area contributed by atoms with Gasteiger partial charge in [-0.25, -0.2) is 9.59 Å². The van der Waals surface area contributed by atoms with E-state index in [2.05, 4.69) is 19.6 Å². The van der Waals surface area contributed by atoms with Gasteiger partial charge in [-0.2, -0.15) is 0 Å². The largest absolute Gasteiger partial charge is 0.466 e. The van der Waals surface area contributed by atoms with E-state index in [0.29, 0.717) is 18.1 Å². The fourth-order valence-corrected chi connectivity index (χ4v) is 4.70. The average molecular weight is 395 g/mol. The van der Waals surface area contributed by atoms with Crippen LogP contribution in [0.5, 0.6) is 0 Å². The summed E-state index contributed by atoms with van der Waals surface area (Å²) >= 11 is 0. The maximum Gasteiger partial charge on any atom is 0.333 e. The van der Waals surface area contributed by atoms with E-state index in [4.69, 9.17) is 9.47 Å². The van der Waals surface area contributed by atoms with Gasteiger partial charge in [0.1, 0.15) is 6.61 Å². The third kappa shape index (κ3) is 5.06. The van der Waals surface area contributed by atoms with Crippen LogP contribution in [0, 0.1) is 17.3 Å². The molecule has 0 spiro atoms. The van der Waals surface area contributed by atoms with Gasteiger partial charge < -0.3 is 9.47 Å². The summed E-state index contributed by atoms with van der Waals surface area (Å²) in [4.78, 5) is 24.1. The number of carbonyl (C=O) groups excluding carboxylic acids is 2. The zero-order chi connectivity index (χ0) is 20.9. The van der Waals surface area contributed by atoms with E-state index >= 15 is 0 Å². The molecule has 0 heterocycles. The number of hydrogen-bond acceptors (Lipinski definition) is 4. The first-order chi connectivity index (χ1) is 13.9. The van der Waals surface area contributed by atoms with Gasteiger partial charge in [-0.1, -0.05) is 49.9 Å². The second kappa shape index (κ2) is 9.25. The Hall–Kier alpha value is -2.62. The van der Waals surface area contributed by atoms with Crippen molar-refractivity contribution in [2.24, 2.45) is 17.3 Å². The Kier molecular flexibility index (Phi) is 6.73. The Morgan fingerprint density at radius 1 is 1.24 bits per heavy atom. The normalized spacial score (nSPS) is 26.3. The van der Waals surface area contributed by atoms with E-state index in [0.717, 1.165) is 37.7 Å². The van der Waals surface area contributed by atoms with E-state index < -0.39 is 0 Å². The first kappa shape index (κ1) is 21.1. The molecule has 1 saturated carbocycles. The van der Waals surface area contributed by atoms with Crippen molar-refractivity contribution < 1.29 is 19.1 Å². The van der Waals surface area contributed by atoms with Crippen molar-refractivity contribution in [2.75, 3.05) is 13.7 Å². The molecule has 2 aliphatic rings. The molecule has 0 N–H and O–H groups in total. The zero-order valence-electron chi connectivity index (χ0n) is 17.4. The van der Waals surface area contributed by atoms with Crippen LogP contribution in [0.25, 0.3) is 6.08 Å². The number of hydrogen-bond donors (Lipinski definition) is 0. The van der Waals surface area contributed by atoms with Crippen molar-refractivity contribution in [3.63, 3.8) is 0 Å². The fraction of sp³-hybridized carbons (Fsp3) is 0.440. The summed E-state index contributed by atoms with van der Waals surface area (Å²) in [7, 11) is 1.40. The molecule has 0 radical (unpaired) electrons. The number of rotatable bonds is 6. The van der Waals surface area contributed by atoms with Crippen LogP contribution in [0.2, 0.25) is 0 Å². The molecule has 1 aromatic carbocycles. The Bertz CT molecular complexity index is 820. The SMILES string of the molecule is C=C(C(=O)OC)[C@@H]1CC[C@@]2(C)CCC=C(COC(=O)C=Cc3ccccc3)[C@@H]2C1. The summed E-state index contributed by atoms with van der Waals surface area (Å²) < 4.78 is 10.4. The number of fused-ring (bicyclic) bond motifs is 1. The second-order valence-corrected chi connectivity index (χ2v) is 8.36. The zero-order valence-corrected chi connectivity index (χ0v) is 17.4. The minimum absolute atomic E-state index is 0.121. The molecule has 4 heteroatoms. The van der Waals surface area contributed by atoms with Gasteiger partial charge in [0.15, 0.2) is 0 Å². The molecule has 2 aliphatic carbocycles. The monoisotopic (exact) mass is 394 g/mol. The smallest absolute Gasteiger partial charge is 0.333 e. The molecule has 3 rings (SSSR count). The van der Waals surface area contributed by atoms with Crippen molar-refractivity contribution in [1.29, 1.82) is 0 Å². The summed E-state index contributed by atoms with van der Waals surface area (Å²) in [6.45, 7) is 6.59. The molecule has 1 fully saturated rings.